The Hall–Kier alpha value is -2.50. The molecule has 7 heteroatoms. The summed E-state index contributed by atoms with van der Waals surface area (Å²) in [6.45, 7) is 0.431. The predicted octanol–water partition coefficient (Wildman–Crippen LogP) is 4.99. The third-order valence-corrected chi connectivity index (χ3v) is 4.37. The van der Waals surface area contributed by atoms with Crippen LogP contribution in [0, 0.1) is 5.82 Å². The van der Waals surface area contributed by atoms with Gasteiger partial charge in [-0.1, -0.05) is 29.3 Å². The highest BCUT2D eigenvalue weighted by molar-refractivity contribution is 6.31. The molecule has 4 rings (SSSR count). The summed E-state index contributed by atoms with van der Waals surface area (Å²) in [6.07, 6.45) is 5.26. The summed E-state index contributed by atoms with van der Waals surface area (Å²) in [5, 5.41) is 1.34. The zero-order chi connectivity index (χ0) is 17.4. The number of pyridine rings is 1. The number of hydrogen-bond acceptors (Lipinski definition) is 3. The molecule has 4 aromatic rings. The van der Waals surface area contributed by atoms with Crippen LogP contribution < -0.4 is 0 Å². The Bertz CT molecular complexity index is 1060. The second-order valence-electron chi connectivity index (χ2n) is 5.47. The fourth-order valence-electron chi connectivity index (χ4n) is 2.72. The molecule has 0 aliphatic carbocycles. The zero-order valence-corrected chi connectivity index (χ0v) is 14.3. The molecule has 0 spiro atoms. The van der Waals surface area contributed by atoms with E-state index in [1.54, 1.807) is 36.7 Å². The molecule has 0 aliphatic heterocycles. The first kappa shape index (κ1) is 16.0. The minimum atomic E-state index is -0.464. The van der Waals surface area contributed by atoms with E-state index in [4.69, 9.17) is 23.2 Å². The summed E-state index contributed by atoms with van der Waals surface area (Å²) in [5.41, 5.74) is 2.24. The lowest BCUT2D eigenvalue weighted by Gasteiger charge is -2.03. The van der Waals surface area contributed by atoms with E-state index in [2.05, 4.69) is 15.0 Å². The molecule has 4 nitrogen and oxygen atoms in total. The Balaban J connectivity index is 1.89. The molecule has 0 atom stereocenters. The van der Waals surface area contributed by atoms with Crippen molar-refractivity contribution < 1.29 is 4.39 Å². The minimum absolute atomic E-state index is 0.0892. The first-order valence-electron chi connectivity index (χ1n) is 7.48. The smallest absolute Gasteiger partial charge is 0.147 e. The van der Waals surface area contributed by atoms with Gasteiger partial charge in [0.1, 0.15) is 22.4 Å². The van der Waals surface area contributed by atoms with Gasteiger partial charge in [0.25, 0.3) is 0 Å². The van der Waals surface area contributed by atoms with Gasteiger partial charge >= 0.3 is 0 Å². The average molecular weight is 373 g/mol. The number of rotatable bonds is 3. The molecule has 3 heterocycles. The second-order valence-corrected chi connectivity index (χ2v) is 6.26. The summed E-state index contributed by atoms with van der Waals surface area (Å²) in [4.78, 5) is 12.9. The molecular formula is C18H11Cl2FN4. The van der Waals surface area contributed by atoms with Crippen LogP contribution in [0.2, 0.25) is 10.2 Å². The second kappa shape index (κ2) is 6.43. The molecule has 124 valence electrons. The maximum Gasteiger partial charge on any atom is 0.147 e. The van der Waals surface area contributed by atoms with Gasteiger partial charge in [-0.05, 0) is 35.9 Å². The van der Waals surface area contributed by atoms with Crippen LogP contribution in [-0.2, 0) is 6.54 Å². The van der Waals surface area contributed by atoms with E-state index >= 15 is 0 Å². The lowest BCUT2D eigenvalue weighted by Crippen LogP contribution is -2.03. The number of fused-ring (bicyclic) bond motifs is 1. The first-order chi connectivity index (χ1) is 12.1. The van der Waals surface area contributed by atoms with Crippen LogP contribution in [0.5, 0.6) is 0 Å². The van der Waals surface area contributed by atoms with Crippen molar-refractivity contribution in [1.82, 2.24) is 19.5 Å². The normalized spacial score (nSPS) is 11.2. The molecule has 3 aromatic heterocycles. The van der Waals surface area contributed by atoms with Gasteiger partial charge in [0.15, 0.2) is 0 Å². The number of hydrogen-bond donors (Lipinski definition) is 0. The number of aromatic nitrogens is 4. The van der Waals surface area contributed by atoms with Gasteiger partial charge in [-0.3, -0.25) is 0 Å². The van der Waals surface area contributed by atoms with Crippen LogP contribution in [0.4, 0.5) is 4.39 Å². The monoisotopic (exact) mass is 372 g/mol. The van der Waals surface area contributed by atoms with E-state index in [1.807, 2.05) is 16.8 Å². The van der Waals surface area contributed by atoms with E-state index in [1.165, 1.54) is 6.07 Å². The zero-order valence-electron chi connectivity index (χ0n) is 12.8. The summed E-state index contributed by atoms with van der Waals surface area (Å²) in [5.74, 6) is 0.184. The Morgan fingerprint density at radius 1 is 1.04 bits per heavy atom. The highest BCUT2D eigenvalue weighted by Gasteiger charge is 2.14. The van der Waals surface area contributed by atoms with E-state index in [0.717, 1.165) is 10.9 Å². The third-order valence-electron chi connectivity index (χ3n) is 3.85. The van der Waals surface area contributed by atoms with Gasteiger partial charge in [0.05, 0.1) is 11.6 Å². The quantitative estimate of drug-likeness (QED) is 0.476. The lowest BCUT2D eigenvalue weighted by atomic mass is 10.1. The van der Waals surface area contributed by atoms with Crippen molar-refractivity contribution in [3.05, 3.63) is 76.8 Å². The number of benzene rings is 1. The van der Waals surface area contributed by atoms with Crippen molar-refractivity contribution in [2.24, 2.45) is 0 Å². The van der Waals surface area contributed by atoms with Crippen molar-refractivity contribution in [1.29, 1.82) is 0 Å². The van der Waals surface area contributed by atoms with Crippen LogP contribution in [0.3, 0.4) is 0 Å². The van der Waals surface area contributed by atoms with Gasteiger partial charge in [-0.2, -0.15) is 0 Å². The van der Waals surface area contributed by atoms with Crippen molar-refractivity contribution in [3.8, 4) is 11.1 Å². The van der Waals surface area contributed by atoms with Gasteiger partial charge < -0.3 is 4.57 Å². The average Bonchev–Trinajstić information content (AvgIpc) is 2.96. The van der Waals surface area contributed by atoms with E-state index in [9.17, 15) is 4.39 Å². The lowest BCUT2D eigenvalue weighted by molar-refractivity contribution is 0.629. The maximum absolute atomic E-state index is 13.9. The fraction of sp³-hybridized carbons (Fsp3) is 0.0556. The Morgan fingerprint density at radius 2 is 1.84 bits per heavy atom. The molecular weight excluding hydrogens is 362 g/mol. The van der Waals surface area contributed by atoms with E-state index in [0.29, 0.717) is 28.7 Å². The highest BCUT2D eigenvalue weighted by Crippen LogP contribution is 2.32. The molecule has 0 fully saturated rings. The standard InChI is InChI=1S/C18H11Cl2FN4/c19-14-4-2-11(8-15(14)21)13-9-25(10-17-22-6-1-7-23-17)18-12(13)3-5-16(20)24-18/h1-9H,10H2. The molecule has 0 aliphatic rings. The van der Waals surface area contributed by atoms with Crippen LogP contribution in [0.25, 0.3) is 22.2 Å². The summed E-state index contributed by atoms with van der Waals surface area (Å²) in [7, 11) is 0. The molecule has 0 amide bonds. The SMILES string of the molecule is Fc1cc(-c2cn(Cc3ncccn3)c3nc(Cl)ccc23)ccc1Cl. The molecule has 0 unspecified atom stereocenters. The molecule has 1 aromatic carbocycles. The van der Waals surface area contributed by atoms with Crippen LogP contribution in [0.1, 0.15) is 5.82 Å². The van der Waals surface area contributed by atoms with Crippen LogP contribution in [0.15, 0.2) is 55.0 Å². The van der Waals surface area contributed by atoms with Crippen LogP contribution >= 0.6 is 23.2 Å². The minimum Gasteiger partial charge on any atom is -0.324 e. The van der Waals surface area contributed by atoms with Gasteiger partial charge in [0, 0.05) is 29.5 Å². The molecule has 0 saturated heterocycles. The Kier molecular flexibility index (Phi) is 4.11. The Morgan fingerprint density at radius 3 is 2.60 bits per heavy atom. The van der Waals surface area contributed by atoms with Gasteiger partial charge in [-0.15, -0.1) is 0 Å². The van der Waals surface area contributed by atoms with Gasteiger partial charge in [0.2, 0.25) is 0 Å². The van der Waals surface area contributed by atoms with Crippen molar-refractivity contribution in [3.63, 3.8) is 0 Å². The van der Waals surface area contributed by atoms with Crippen LogP contribution in [-0.4, -0.2) is 19.5 Å². The molecule has 0 N–H and O–H groups in total. The fourth-order valence-corrected chi connectivity index (χ4v) is 2.98. The number of nitrogens with zero attached hydrogens (tertiary/aromatic N) is 4. The number of halogens is 3. The van der Waals surface area contributed by atoms with Crippen molar-refractivity contribution >= 4 is 34.2 Å². The highest BCUT2D eigenvalue weighted by atomic mass is 35.5. The van der Waals surface area contributed by atoms with Crippen molar-refractivity contribution in [2.45, 2.75) is 6.54 Å². The topological polar surface area (TPSA) is 43.6 Å². The third kappa shape index (κ3) is 3.08. The molecule has 0 bridgehead atoms. The predicted molar refractivity (Wildman–Crippen MR) is 96.3 cm³/mol. The molecule has 0 saturated carbocycles. The van der Waals surface area contributed by atoms with Crippen molar-refractivity contribution in [2.75, 3.05) is 0 Å². The summed E-state index contributed by atoms with van der Waals surface area (Å²) < 4.78 is 15.8. The Labute approximate surface area is 152 Å². The molecule has 0 radical (unpaired) electrons. The summed E-state index contributed by atoms with van der Waals surface area (Å²) in [6, 6.07) is 10.1. The van der Waals surface area contributed by atoms with Gasteiger partial charge in [-0.25, -0.2) is 19.3 Å². The van der Waals surface area contributed by atoms with E-state index < -0.39 is 5.82 Å². The summed E-state index contributed by atoms with van der Waals surface area (Å²) >= 11 is 11.9. The first-order valence-corrected chi connectivity index (χ1v) is 8.24. The largest absolute Gasteiger partial charge is 0.324 e. The van der Waals surface area contributed by atoms with E-state index in [-0.39, 0.29) is 5.02 Å². The molecule has 25 heavy (non-hydrogen) atoms. The maximum atomic E-state index is 13.9.